The molecule has 1 unspecified atom stereocenters. The van der Waals surface area contributed by atoms with Gasteiger partial charge >= 0.3 is 17.9 Å². The first kappa shape index (κ1) is 59.4. The van der Waals surface area contributed by atoms with Crippen molar-refractivity contribution in [3.05, 3.63) is 48.6 Å². The van der Waals surface area contributed by atoms with Gasteiger partial charge in [0.1, 0.15) is 13.2 Å². The Balaban J connectivity index is 4.14. The predicted molar refractivity (Wildman–Crippen MR) is 265 cm³/mol. The third kappa shape index (κ3) is 48.4. The molecule has 0 rings (SSSR count). The van der Waals surface area contributed by atoms with Gasteiger partial charge in [-0.25, -0.2) is 0 Å². The molecule has 0 saturated carbocycles. The van der Waals surface area contributed by atoms with E-state index in [2.05, 4.69) is 69.4 Å². The number of allylic oxidation sites excluding steroid dienone is 8. The van der Waals surface area contributed by atoms with E-state index < -0.39 is 6.10 Å². The molecule has 0 aliphatic rings. The van der Waals surface area contributed by atoms with Crippen LogP contribution in [0.5, 0.6) is 0 Å². The van der Waals surface area contributed by atoms with E-state index in [0.717, 1.165) is 83.5 Å². The number of rotatable bonds is 48. The molecule has 0 saturated heterocycles. The Labute approximate surface area is 384 Å². The molecule has 0 aromatic rings. The zero-order valence-electron chi connectivity index (χ0n) is 41.1. The van der Waals surface area contributed by atoms with Crippen LogP contribution in [0, 0.1) is 0 Å². The average molecular weight is 869 g/mol. The van der Waals surface area contributed by atoms with Crippen LogP contribution >= 0.6 is 0 Å². The second kappa shape index (κ2) is 51.0. The Morgan fingerprint density at radius 1 is 0.323 bits per heavy atom. The van der Waals surface area contributed by atoms with Crippen LogP contribution in [0.15, 0.2) is 48.6 Å². The van der Waals surface area contributed by atoms with Crippen molar-refractivity contribution in [2.24, 2.45) is 0 Å². The minimum atomic E-state index is -0.774. The minimum absolute atomic E-state index is 0.0764. The number of carbonyl (C=O) groups excluding carboxylic acids is 3. The first-order valence-electron chi connectivity index (χ1n) is 26.6. The van der Waals surface area contributed by atoms with Gasteiger partial charge in [0.25, 0.3) is 0 Å². The summed E-state index contributed by atoms with van der Waals surface area (Å²) in [6, 6.07) is 0. The lowest BCUT2D eigenvalue weighted by Gasteiger charge is -2.18. The molecule has 0 aromatic carbocycles. The van der Waals surface area contributed by atoms with Crippen molar-refractivity contribution in [3.8, 4) is 0 Å². The monoisotopic (exact) mass is 869 g/mol. The summed E-state index contributed by atoms with van der Waals surface area (Å²) in [6.07, 6.45) is 61.2. The molecular weight excluding hydrogens is 769 g/mol. The van der Waals surface area contributed by atoms with Crippen molar-refractivity contribution in [2.45, 2.75) is 277 Å². The third-order valence-electron chi connectivity index (χ3n) is 11.6. The van der Waals surface area contributed by atoms with Gasteiger partial charge in [-0.05, 0) is 83.5 Å². The maximum absolute atomic E-state index is 12.7. The second-order valence-corrected chi connectivity index (χ2v) is 17.8. The summed E-state index contributed by atoms with van der Waals surface area (Å²) >= 11 is 0. The van der Waals surface area contributed by atoms with Crippen LogP contribution in [0.3, 0.4) is 0 Å². The first-order chi connectivity index (χ1) is 30.5. The van der Waals surface area contributed by atoms with E-state index in [-0.39, 0.29) is 31.1 Å². The van der Waals surface area contributed by atoms with Crippen molar-refractivity contribution in [1.82, 2.24) is 0 Å². The Kier molecular flexibility index (Phi) is 48.8. The van der Waals surface area contributed by atoms with Crippen molar-refractivity contribution in [2.75, 3.05) is 13.2 Å². The molecule has 0 spiro atoms. The van der Waals surface area contributed by atoms with Gasteiger partial charge in [-0.2, -0.15) is 0 Å². The molecule has 360 valence electrons. The summed E-state index contributed by atoms with van der Waals surface area (Å²) in [4.78, 5) is 37.8. The Morgan fingerprint density at radius 2 is 0.581 bits per heavy atom. The van der Waals surface area contributed by atoms with Gasteiger partial charge in [0.2, 0.25) is 0 Å². The lowest BCUT2D eigenvalue weighted by molar-refractivity contribution is -0.167. The van der Waals surface area contributed by atoms with Crippen molar-refractivity contribution in [1.29, 1.82) is 0 Å². The van der Waals surface area contributed by atoms with Gasteiger partial charge in [-0.1, -0.05) is 217 Å². The highest BCUT2D eigenvalue weighted by atomic mass is 16.6. The number of hydrogen-bond acceptors (Lipinski definition) is 6. The highest BCUT2D eigenvalue weighted by molar-refractivity contribution is 5.71. The lowest BCUT2D eigenvalue weighted by Crippen LogP contribution is -2.30. The molecule has 1 atom stereocenters. The Hall–Kier alpha value is -2.63. The highest BCUT2D eigenvalue weighted by Gasteiger charge is 2.19. The minimum Gasteiger partial charge on any atom is -0.462 e. The van der Waals surface area contributed by atoms with Crippen molar-refractivity contribution in [3.63, 3.8) is 0 Å². The van der Waals surface area contributed by atoms with Crippen LogP contribution in [0.4, 0.5) is 0 Å². The maximum atomic E-state index is 12.7. The summed E-state index contributed by atoms with van der Waals surface area (Å²) in [5, 5.41) is 0. The molecule has 62 heavy (non-hydrogen) atoms. The fourth-order valence-electron chi connectivity index (χ4n) is 7.50. The number of carbonyl (C=O) groups is 3. The number of hydrogen-bond donors (Lipinski definition) is 0. The van der Waals surface area contributed by atoms with E-state index in [9.17, 15) is 14.4 Å². The number of unbranched alkanes of at least 4 members (excludes halogenated alkanes) is 29. The van der Waals surface area contributed by atoms with Gasteiger partial charge < -0.3 is 14.2 Å². The summed E-state index contributed by atoms with van der Waals surface area (Å²) in [5.41, 5.74) is 0. The van der Waals surface area contributed by atoms with E-state index in [4.69, 9.17) is 14.2 Å². The molecule has 6 heteroatoms. The predicted octanol–water partition coefficient (Wildman–Crippen LogP) is 17.5. The summed E-state index contributed by atoms with van der Waals surface area (Å²) < 4.78 is 16.7. The van der Waals surface area contributed by atoms with Gasteiger partial charge in [-0.15, -0.1) is 0 Å². The smallest absolute Gasteiger partial charge is 0.306 e. The van der Waals surface area contributed by atoms with Crippen molar-refractivity contribution >= 4 is 17.9 Å². The van der Waals surface area contributed by atoms with Crippen LogP contribution in [0.25, 0.3) is 0 Å². The highest BCUT2D eigenvalue weighted by Crippen LogP contribution is 2.15. The SMILES string of the molecule is CCCCC/C=C\CCCCCCCC(=O)OC(COC(=O)CCCCCCCCC)COC(=O)CCCCCCCCCCCC/C=C\C/C=C\C/C=C\CCCCCCC. The largest absolute Gasteiger partial charge is 0.462 e. The fraction of sp³-hybridized carbons (Fsp3) is 0.804. The zero-order chi connectivity index (χ0) is 45.1. The average Bonchev–Trinajstić information content (AvgIpc) is 3.27. The maximum Gasteiger partial charge on any atom is 0.306 e. The fourth-order valence-corrected chi connectivity index (χ4v) is 7.50. The molecule has 0 N–H and O–H groups in total. The number of esters is 3. The van der Waals surface area contributed by atoms with E-state index in [1.807, 2.05) is 0 Å². The van der Waals surface area contributed by atoms with Gasteiger partial charge in [0.05, 0.1) is 0 Å². The van der Waals surface area contributed by atoms with E-state index in [1.165, 1.54) is 148 Å². The van der Waals surface area contributed by atoms with Crippen LogP contribution in [-0.4, -0.2) is 37.2 Å². The van der Waals surface area contributed by atoms with E-state index in [1.54, 1.807) is 0 Å². The molecule has 0 aliphatic heterocycles. The molecule has 0 aliphatic carbocycles. The zero-order valence-corrected chi connectivity index (χ0v) is 41.1. The third-order valence-corrected chi connectivity index (χ3v) is 11.6. The van der Waals surface area contributed by atoms with Gasteiger partial charge in [0, 0.05) is 19.3 Å². The van der Waals surface area contributed by atoms with E-state index >= 15 is 0 Å². The molecule has 0 fully saturated rings. The molecule has 0 bridgehead atoms. The second-order valence-electron chi connectivity index (χ2n) is 17.8. The lowest BCUT2D eigenvalue weighted by atomic mass is 10.1. The van der Waals surface area contributed by atoms with Crippen LogP contribution in [-0.2, 0) is 28.6 Å². The van der Waals surface area contributed by atoms with Crippen molar-refractivity contribution < 1.29 is 28.6 Å². The Bertz CT molecular complexity index is 1090. The van der Waals surface area contributed by atoms with Crippen LogP contribution in [0.2, 0.25) is 0 Å². The molecule has 0 heterocycles. The number of ether oxygens (including phenoxy) is 3. The van der Waals surface area contributed by atoms with Gasteiger partial charge in [-0.3, -0.25) is 14.4 Å². The summed E-state index contributed by atoms with van der Waals surface area (Å²) in [7, 11) is 0. The molecule has 0 aromatic heterocycles. The molecule has 0 amide bonds. The molecule has 6 nitrogen and oxygen atoms in total. The van der Waals surface area contributed by atoms with Crippen LogP contribution < -0.4 is 0 Å². The Morgan fingerprint density at radius 3 is 0.952 bits per heavy atom. The van der Waals surface area contributed by atoms with Gasteiger partial charge in [0.15, 0.2) is 6.10 Å². The van der Waals surface area contributed by atoms with Crippen LogP contribution in [0.1, 0.15) is 271 Å². The quantitative estimate of drug-likeness (QED) is 0.0262. The standard InChI is InChI=1S/C56H100O6/c1-4-7-10-13-16-18-20-22-23-24-25-26-27-28-29-30-31-32-33-34-36-37-40-43-46-49-55(58)61-52-53(51-60-54(57)48-45-42-39-15-12-9-6-3)62-56(59)50-47-44-41-38-35-21-19-17-14-11-8-5-2/h17,19-20,22,24-25,27-28,53H,4-16,18,21,23,26,29-52H2,1-3H3/b19-17-,22-20-,25-24-,28-27-. The first-order valence-corrected chi connectivity index (χ1v) is 26.6. The summed E-state index contributed by atoms with van der Waals surface area (Å²) in [5.74, 6) is -0.891. The normalized spacial score (nSPS) is 12.4. The molecular formula is C56H100O6. The van der Waals surface area contributed by atoms with E-state index in [0.29, 0.717) is 19.3 Å². The summed E-state index contributed by atoms with van der Waals surface area (Å²) in [6.45, 7) is 6.56. The topological polar surface area (TPSA) is 78.9 Å². The molecule has 0 radical (unpaired) electrons.